The van der Waals surface area contributed by atoms with E-state index in [0.717, 1.165) is 26.2 Å². The molecule has 0 heterocycles. The Labute approximate surface area is 166 Å². The molecule has 2 rings (SSSR count). The largest absolute Gasteiger partial charge is 0.383 e. The first-order valence-corrected chi connectivity index (χ1v) is 10.1. The third kappa shape index (κ3) is 5.04. The average molecular weight is 368 g/mol. The fourth-order valence-corrected chi connectivity index (χ4v) is 3.90. The van der Waals surface area contributed by atoms with E-state index >= 15 is 0 Å². The first kappa shape index (κ1) is 21.3. The standard InChI is InChI=1S/C24H37N3/c1-15-13-16(2)23(17(3)14-15)26-11-9-25-10-12-27-24-21(7)19(5)18(4)20(6)22(24)8/h13-14,25-27H,9-12H2,1-8H3. The van der Waals surface area contributed by atoms with Gasteiger partial charge < -0.3 is 16.0 Å². The molecule has 2 aromatic carbocycles. The lowest BCUT2D eigenvalue weighted by atomic mass is 9.93. The molecular formula is C24H37N3. The normalized spacial score (nSPS) is 11.0. The zero-order chi connectivity index (χ0) is 20.1. The number of rotatable bonds is 8. The van der Waals surface area contributed by atoms with Crippen LogP contribution < -0.4 is 16.0 Å². The van der Waals surface area contributed by atoms with Crippen LogP contribution in [-0.4, -0.2) is 26.2 Å². The van der Waals surface area contributed by atoms with E-state index in [1.807, 2.05) is 0 Å². The van der Waals surface area contributed by atoms with Crippen LogP contribution in [-0.2, 0) is 0 Å². The second-order valence-corrected chi connectivity index (χ2v) is 7.88. The van der Waals surface area contributed by atoms with Crippen LogP contribution in [0.25, 0.3) is 0 Å². The van der Waals surface area contributed by atoms with E-state index in [9.17, 15) is 0 Å². The number of anilines is 2. The Morgan fingerprint density at radius 1 is 0.519 bits per heavy atom. The van der Waals surface area contributed by atoms with Crippen molar-refractivity contribution in [2.75, 3.05) is 36.8 Å². The van der Waals surface area contributed by atoms with Gasteiger partial charge in [-0.05, 0) is 94.3 Å². The number of hydrogen-bond donors (Lipinski definition) is 3. The average Bonchev–Trinajstić information content (AvgIpc) is 2.61. The molecule has 0 aliphatic heterocycles. The highest BCUT2D eigenvalue weighted by molar-refractivity contribution is 5.64. The van der Waals surface area contributed by atoms with Crippen LogP contribution in [0.2, 0.25) is 0 Å². The molecular weight excluding hydrogens is 330 g/mol. The van der Waals surface area contributed by atoms with Gasteiger partial charge in [-0.2, -0.15) is 0 Å². The van der Waals surface area contributed by atoms with Crippen molar-refractivity contribution in [3.05, 3.63) is 56.6 Å². The van der Waals surface area contributed by atoms with E-state index in [1.54, 1.807) is 0 Å². The highest BCUT2D eigenvalue weighted by Crippen LogP contribution is 2.29. The van der Waals surface area contributed by atoms with E-state index in [1.165, 1.54) is 55.9 Å². The van der Waals surface area contributed by atoms with E-state index in [2.05, 4.69) is 83.5 Å². The predicted molar refractivity (Wildman–Crippen MR) is 121 cm³/mol. The summed E-state index contributed by atoms with van der Waals surface area (Å²) in [5, 5.41) is 10.7. The van der Waals surface area contributed by atoms with E-state index in [-0.39, 0.29) is 0 Å². The van der Waals surface area contributed by atoms with Crippen molar-refractivity contribution in [1.82, 2.24) is 5.32 Å². The van der Waals surface area contributed by atoms with Gasteiger partial charge >= 0.3 is 0 Å². The predicted octanol–water partition coefficient (Wildman–Crippen LogP) is 5.27. The maximum Gasteiger partial charge on any atom is 0.0405 e. The molecule has 0 aromatic heterocycles. The summed E-state index contributed by atoms with van der Waals surface area (Å²) in [5.74, 6) is 0. The maximum atomic E-state index is 3.64. The number of benzene rings is 2. The lowest BCUT2D eigenvalue weighted by molar-refractivity contribution is 0.718. The van der Waals surface area contributed by atoms with Crippen LogP contribution in [0, 0.1) is 55.4 Å². The molecule has 0 aliphatic rings. The summed E-state index contributed by atoms with van der Waals surface area (Å²) in [4.78, 5) is 0. The Morgan fingerprint density at radius 2 is 0.926 bits per heavy atom. The van der Waals surface area contributed by atoms with E-state index in [0.29, 0.717) is 0 Å². The van der Waals surface area contributed by atoms with Crippen molar-refractivity contribution in [2.45, 2.75) is 55.4 Å². The summed E-state index contributed by atoms with van der Waals surface area (Å²) in [6.07, 6.45) is 0. The smallest absolute Gasteiger partial charge is 0.0405 e. The zero-order valence-electron chi connectivity index (χ0n) is 18.5. The molecule has 3 N–H and O–H groups in total. The minimum absolute atomic E-state index is 0.936. The Hall–Kier alpha value is -2.00. The van der Waals surface area contributed by atoms with Crippen LogP contribution >= 0.6 is 0 Å². The van der Waals surface area contributed by atoms with Gasteiger partial charge in [-0.1, -0.05) is 17.7 Å². The van der Waals surface area contributed by atoms with Crippen LogP contribution in [0.3, 0.4) is 0 Å². The molecule has 3 nitrogen and oxygen atoms in total. The summed E-state index contributed by atoms with van der Waals surface area (Å²) >= 11 is 0. The van der Waals surface area contributed by atoms with Crippen molar-refractivity contribution in [3.63, 3.8) is 0 Å². The molecule has 0 saturated heterocycles. The maximum absolute atomic E-state index is 3.64. The molecule has 0 bridgehead atoms. The second-order valence-electron chi connectivity index (χ2n) is 7.88. The minimum atomic E-state index is 0.936. The second kappa shape index (κ2) is 9.27. The van der Waals surface area contributed by atoms with Crippen molar-refractivity contribution < 1.29 is 0 Å². The van der Waals surface area contributed by atoms with Crippen LogP contribution in [0.1, 0.15) is 44.5 Å². The van der Waals surface area contributed by atoms with Gasteiger partial charge in [0.1, 0.15) is 0 Å². The molecule has 148 valence electrons. The molecule has 0 radical (unpaired) electrons. The molecule has 0 aliphatic carbocycles. The van der Waals surface area contributed by atoms with Crippen molar-refractivity contribution >= 4 is 11.4 Å². The van der Waals surface area contributed by atoms with E-state index < -0.39 is 0 Å². The van der Waals surface area contributed by atoms with Gasteiger partial charge in [0.25, 0.3) is 0 Å². The molecule has 0 amide bonds. The minimum Gasteiger partial charge on any atom is -0.383 e. The van der Waals surface area contributed by atoms with Crippen LogP contribution in [0.15, 0.2) is 12.1 Å². The Bertz CT molecular complexity index is 754. The van der Waals surface area contributed by atoms with Crippen molar-refractivity contribution in [2.24, 2.45) is 0 Å². The third-order valence-corrected chi connectivity index (χ3v) is 5.88. The third-order valence-electron chi connectivity index (χ3n) is 5.88. The number of nitrogens with one attached hydrogen (secondary N) is 3. The molecule has 0 spiro atoms. The highest BCUT2D eigenvalue weighted by atomic mass is 15.0. The summed E-state index contributed by atoms with van der Waals surface area (Å²) in [5.41, 5.74) is 13.5. The Morgan fingerprint density at radius 3 is 1.41 bits per heavy atom. The number of aryl methyl sites for hydroxylation is 3. The molecule has 3 heteroatoms. The molecule has 2 aromatic rings. The zero-order valence-corrected chi connectivity index (χ0v) is 18.5. The van der Waals surface area contributed by atoms with Gasteiger partial charge in [-0.25, -0.2) is 0 Å². The monoisotopic (exact) mass is 367 g/mol. The Balaban J connectivity index is 1.78. The molecule has 27 heavy (non-hydrogen) atoms. The van der Waals surface area contributed by atoms with Gasteiger partial charge in [-0.15, -0.1) is 0 Å². The SMILES string of the molecule is Cc1cc(C)c(NCCNCCNc2c(C)c(C)c(C)c(C)c2C)c(C)c1. The molecule has 0 unspecified atom stereocenters. The molecule has 0 saturated carbocycles. The summed E-state index contributed by atoms with van der Waals surface area (Å²) in [6.45, 7) is 21.4. The first-order valence-electron chi connectivity index (χ1n) is 10.1. The fourth-order valence-electron chi connectivity index (χ4n) is 3.90. The quantitative estimate of drug-likeness (QED) is 0.556. The lowest BCUT2D eigenvalue weighted by Crippen LogP contribution is -2.28. The Kier molecular flexibility index (Phi) is 7.32. The van der Waals surface area contributed by atoms with Gasteiger partial charge in [0.15, 0.2) is 0 Å². The highest BCUT2D eigenvalue weighted by Gasteiger charge is 2.11. The van der Waals surface area contributed by atoms with Crippen molar-refractivity contribution in [1.29, 1.82) is 0 Å². The molecule has 0 atom stereocenters. The van der Waals surface area contributed by atoms with Gasteiger partial charge in [-0.3, -0.25) is 0 Å². The summed E-state index contributed by atoms with van der Waals surface area (Å²) < 4.78 is 0. The molecule has 0 fully saturated rings. The van der Waals surface area contributed by atoms with E-state index in [4.69, 9.17) is 0 Å². The summed E-state index contributed by atoms with van der Waals surface area (Å²) in [6, 6.07) is 4.48. The van der Waals surface area contributed by atoms with Gasteiger partial charge in [0.05, 0.1) is 0 Å². The van der Waals surface area contributed by atoms with Crippen LogP contribution in [0.4, 0.5) is 11.4 Å². The van der Waals surface area contributed by atoms with Gasteiger partial charge in [0, 0.05) is 37.6 Å². The van der Waals surface area contributed by atoms with Gasteiger partial charge in [0.2, 0.25) is 0 Å². The summed E-state index contributed by atoms with van der Waals surface area (Å²) in [7, 11) is 0. The van der Waals surface area contributed by atoms with Crippen molar-refractivity contribution in [3.8, 4) is 0 Å². The van der Waals surface area contributed by atoms with Crippen LogP contribution in [0.5, 0.6) is 0 Å². The fraction of sp³-hybridized carbons (Fsp3) is 0.500. The number of hydrogen-bond acceptors (Lipinski definition) is 3. The first-order chi connectivity index (χ1) is 12.7. The lowest BCUT2D eigenvalue weighted by Gasteiger charge is -2.20. The topological polar surface area (TPSA) is 36.1 Å².